The van der Waals surface area contributed by atoms with Crippen molar-refractivity contribution in [3.63, 3.8) is 0 Å². The van der Waals surface area contributed by atoms with Gasteiger partial charge in [0.05, 0.1) is 18.9 Å². The van der Waals surface area contributed by atoms with Crippen molar-refractivity contribution >= 4 is 34.2 Å². The zero-order valence-corrected chi connectivity index (χ0v) is 16.2. The molecule has 0 saturated heterocycles. The SMILES string of the molecule is COC(=O)c1c(-c2ccc(F)cc2)csc1NC(=O)[C@@H]1[C@H](C(=O)O)[C@H]2C=C[C@H]1C2. The average Bonchev–Trinajstić information content (AvgIpc) is 3.42. The Hall–Kier alpha value is -3.00. The van der Waals surface area contributed by atoms with E-state index in [-0.39, 0.29) is 22.4 Å². The molecule has 29 heavy (non-hydrogen) atoms. The number of ether oxygens (including phenoxy) is 1. The van der Waals surface area contributed by atoms with Crippen LogP contribution < -0.4 is 5.32 Å². The van der Waals surface area contributed by atoms with Crippen LogP contribution in [0.1, 0.15) is 16.8 Å². The third-order valence-corrected chi connectivity index (χ3v) is 6.52. The number of carbonyl (C=O) groups excluding carboxylic acids is 2. The molecule has 1 heterocycles. The summed E-state index contributed by atoms with van der Waals surface area (Å²) in [5, 5.41) is 14.3. The second kappa shape index (κ2) is 7.44. The maximum Gasteiger partial charge on any atom is 0.341 e. The van der Waals surface area contributed by atoms with Crippen molar-refractivity contribution in [2.75, 3.05) is 12.4 Å². The molecule has 0 radical (unpaired) electrons. The molecule has 2 aliphatic rings. The molecule has 0 unspecified atom stereocenters. The van der Waals surface area contributed by atoms with E-state index in [0.29, 0.717) is 17.5 Å². The summed E-state index contributed by atoms with van der Waals surface area (Å²) >= 11 is 1.14. The summed E-state index contributed by atoms with van der Waals surface area (Å²) in [5.41, 5.74) is 1.29. The summed E-state index contributed by atoms with van der Waals surface area (Å²) in [4.78, 5) is 37.1. The summed E-state index contributed by atoms with van der Waals surface area (Å²) in [6, 6.07) is 5.64. The zero-order chi connectivity index (χ0) is 20.7. The Morgan fingerprint density at radius 2 is 1.79 bits per heavy atom. The van der Waals surface area contributed by atoms with Crippen LogP contribution in [0.4, 0.5) is 9.39 Å². The molecule has 1 fully saturated rings. The summed E-state index contributed by atoms with van der Waals surface area (Å²) < 4.78 is 18.1. The van der Waals surface area contributed by atoms with E-state index < -0.39 is 35.5 Å². The molecule has 6 nitrogen and oxygen atoms in total. The van der Waals surface area contributed by atoms with Crippen LogP contribution >= 0.6 is 11.3 Å². The van der Waals surface area contributed by atoms with E-state index in [4.69, 9.17) is 4.74 Å². The molecule has 1 aromatic carbocycles. The molecular weight excluding hydrogens is 397 g/mol. The number of carbonyl (C=O) groups is 3. The van der Waals surface area contributed by atoms with Crippen LogP contribution in [0.25, 0.3) is 11.1 Å². The molecule has 1 aromatic heterocycles. The lowest BCUT2D eigenvalue weighted by Gasteiger charge is -2.23. The molecule has 2 N–H and O–H groups in total. The van der Waals surface area contributed by atoms with Crippen molar-refractivity contribution in [1.82, 2.24) is 0 Å². The molecule has 0 aliphatic heterocycles. The zero-order valence-electron chi connectivity index (χ0n) is 15.4. The van der Waals surface area contributed by atoms with Crippen LogP contribution in [0.2, 0.25) is 0 Å². The lowest BCUT2D eigenvalue weighted by Crippen LogP contribution is -2.36. The number of anilines is 1. The van der Waals surface area contributed by atoms with Crippen molar-refractivity contribution in [1.29, 1.82) is 0 Å². The minimum atomic E-state index is -0.992. The number of esters is 1. The molecule has 2 bridgehead atoms. The van der Waals surface area contributed by atoms with Crippen molar-refractivity contribution < 1.29 is 28.6 Å². The van der Waals surface area contributed by atoms with Crippen LogP contribution in [0.5, 0.6) is 0 Å². The third-order valence-electron chi connectivity index (χ3n) is 5.62. The number of amides is 1. The predicted octanol–water partition coefficient (Wildman–Crippen LogP) is 3.80. The lowest BCUT2D eigenvalue weighted by atomic mass is 9.82. The van der Waals surface area contributed by atoms with Gasteiger partial charge in [0.1, 0.15) is 16.4 Å². The number of benzene rings is 1. The number of carboxylic acid groups (broad SMARTS) is 1. The largest absolute Gasteiger partial charge is 0.481 e. The third kappa shape index (κ3) is 3.33. The molecule has 2 aromatic rings. The molecule has 4 atom stereocenters. The average molecular weight is 415 g/mol. The number of halogens is 1. The molecule has 150 valence electrons. The highest BCUT2D eigenvalue weighted by Gasteiger charge is 2.51. The van der Waals surface area contributed by atoms with Crippen molar-refractivity contribution in [3.8, 4) is 11.1 Å². The number of rotatable bonds is 5. The highest BCUT2D eigenvalue weighted by molar-refractivity contribution is 7.15. The van der Waals surface area contributed by atoms with Crippen LogP contribution in [0.15, 0.2) is 41.8 Å². The second-order valence-corrected chi connectivity index (χ2v) is 8.06. The smallest absolute Gasteiger partial charge is 0.341 e. The van der Waals surface area contributed by atoms with Crippen LogP contribution in [-0.2, 0) is 14.3 Å². The Kier molecular flexibility index (Phi) is 4.96. The first-order valence-corrected chi connectivity index (χ1v) is 9.96. The highest BCUT2D eigenvalue weighted by Crippen LogP contribution is 2.49. The fraction of sp³-hybridized carbons (Fsp3) is 0.286. The number of hydrogen-bond donors (Lipinski definition) is 2. The maximum atomic E-state index is 13.3. The van der Waals surface area contributed by atoms with Crippen LogP contribution in [0, 0.1) is 29.5 Å². The quantitative estimate of drug-likeness (QED) is 0.572. The Labute approximate surface area is 170 Å². The summed E-state index contributed by atoms with van der Waals surface area (Å²) in [7, 11) is 1.24. The van der Waals surface area contributed by atoms with E-state index in [9.17, 15) is 23.9 Å². The van der Waals surface area contributed by atoms with E-state index in [0.717, 1.165) is 11.3 Å². The Morgan fingerprint density at radius 1 is 1.14 bits per heavy atom. The first kappa shape index (κ1) is 19.3. The van der Waals surface area contributed by atoms with Gasteiger partial charge in [-0.3, -0.25) is 9.59 Å². The van der Waals surface area contributed by atoms with Crippen molar-refractivity contribution in [2.24, 2.45) is 23.7 Å². The predicted molar refractivity (Wildman–Crippen MR) is 105 cm³/mol. The molecular formula is C21H18FNO5S. The molecule has 8 heteroatoms. The minimum Gasteiger partial charge on any atom is -0.481 e. The summed E-state index contributed by atoms with van der Waals surface area (Å²) in [6.07, 6.45) is 4.41. The minimum absolute atomic E-state index is 0.126. The monoisotopic (exact) mass is 415 g/mol. The number of hydrogen-bond acceptors (Lipinski definition) is 5. The van der Waals surface area contributed by atoms with E-state index in [2.05, 4.69) is 5.32 Å². The highest BCUT2D eigenvalue weighted by atomic mass is 32.1. The molecule has 1 amide bonds. The van der Waals surface area contributed by atoms with Gasteiger partial charge in [0.25, 0.3) is 0 Å². The van der Waals surface area contributed by atoms with E-state index in [1.54, 1.807) is 5.38 Å². The van der Waals surface area contributed by atoms with E-state index in [1.807, 2.05) is 12.2 Å². The molecule has 4 rings (SSSR count). The second-order valence-electron chi connectivity index (χ2n) is 7.18. The van der Waals surface area contributed by atoms with Gasteiger partial charge in [-0.05, 0) is 36.0 Å². The van der Waals surface area contributed by atoms with Gasteiger partial charge in [0, 0.05) is 10.9 Å². The molecule has 1 saturated carbocycles. The van der Waals surface area contributed by atoms with Gasteiger partial charge >= 0.3 is 11.9 Å². The van der Waals surface area contributed by atoms with Crippen LogP contribution in [-0.4, -0.2) is 30.1 Å². The van der Waals surface area contributed by atoms with Gasteiger partial charge in [0.2, 0.25) is 5.91 Å². The van der Waals surface area contributed by atoms with Gasteiger partial charge in [-0.15, -0.1) is 11.3 Å². The number of methoxy groups -OCH3 is 1. The maximum absolute atomic E-state index is 13.3. The topological polar surface area (TPSA) is 92.7 Å². The molecule has 0 spiro atoms. The van der Waals surface area contributed by atoms with Crippen LogP contribution in [0.3, 0.4) is 0 Å². The van der Waals surface area contributed by atoms with Crippen molar-refractivity contribution in [3.05, 3.63) is 53.2 Å². The summed E-state index contributed by atoms with van der Waals surface area (Å²) in [5.74, 6) is -4.19. The van der Waals surface area contributed by atoms with E-state index >= 15 is 0 Å². The number of nitrogens with one attached hydrogen (secondary N) is 1. The number of fused-ring (bicyclic) bond motifs is 2. The van der Waals surface area contributed by atoms with Gasteiger partial charge in [-0.2, -0.15) is 0 Å². The Balaban J connectivity index is 1.66. The standard InChI is InChI=1S/C21H18FNO5S/c1-28-21(27)17-14(10-4-6-13(22)7-5-10)9-29-19(17)23-18(24)15-11-2-3-12(8-11)16(15)20(25)26/h2-7,9,11-12,15-16H,8H2,1H3,(H,23,24)(H,25,26)/t11-,12-,15-,16+/m0/s1. The van der Waals surface area contributed by atoms with Gasteiger partial charge in [-0.25, -0.2) is 9.18 Å². The van der Waals surface area contributed by atoms with Gasteiger partial charge in [0.15, 0.2) is 0 Å². The Bertz CT molecular complexity index is 1010. The van der Waals surface area contributed by atoms with Gasteiger partial charge in [-0.1, -0.05) is 24.3 Å². The first-order chi connectivity index (χ1) is 13.9. The van der Waals surface area contributed by atoms with E-state index in [1.165, 1.54) is 31.4 Å². The number of carboxylic acids is 1. The number of aliphatic carboxylic acids is 1. The normalized spacial score (nSPS) is 24.5. The lowest BCUT2D eigenvalue weighted by molar-refractivity contribution is -0.146. The first-order valence-electron chi connectivity index (χ1n) is 9.08. The number of thiophene rings is 1. The summed E-state index contributed by atoms with van der Waals surface area (Å²) in [6.45, 7) is 0. The Morgan fingerprint density at radius 3 is 2.41 bits per heavy atom. The fourth-order valence-corrected chi connectivity index (χ4v) is 5.27. The van der Waals surface area contributed by atoms with Crippen molar-refractivity contribution in [2.45, 2.75) is 6.42 Å². The number of allylic oxidation sites excluding steroid dienone is 2. The fourth-order valence-electron chi connectivity index (χ4n) is 4.31. The molecule has 2 aliphatic carbocycles. The van der Waals surface area contributed by atoms with Gasteiger partial charge < -0.3 is 15.2 Å².